The minimum atomic E-state index is 0.0974. The Morgan fingerprint density at radius 2 is 2.12 bits per heavy atom. The van der Waals surface area contributed by atoms with Crippen LogP contribution in [0.1, 0.15) is 31.4 Å². The molecule has 1 aliphatic carbocycles. The lowest BCUT2D eigenvalue weighted by atomic mass is 10.1. The molecule has 0 spiro atoms. The summed E-state index contributed by atoms with van der Waals surface area (Å²) in [6.45, 7) is 3.00. The van der Waals surface area contributed by atoms with E-state index in [1.807, 2.05) is 18.7 Å². The summed E-state index contributed by atoms with van der Waals surface area (Å²) < 4.78 is 0.417. The lowest BCUT2D eigenvalue weighted by molar-refractivity contribution is 0.436. The average Bonchev–Trinajstić information content (AvgIpc) is 3.07. The maximum absolute atomic E-state index is 9.76. The molecular formula is C13H19NO2S. The van der Waals surface area contributed by atoms with Crippen molar-refractivity contribution in [3.8, 4) is 11.5 Å². The van der Waals surface area contributed by atoms with E-state index in [0.717, 1.165) is 12.1 Å². The van der Waals surface area contributed by atoms with Crippen molar-refractivity contribution in [2.24, 2.45) is 0 Å². The van der Waals surface area contributed by atoms with E-state index in [1.54, 1.807) is 12.1 Å². The Balaban J connectivity index is 1.97. The quantitative estimate of drug-likeness (QED) is 0.755. The van der Waals surface area contributed by atoms with E-state index in [9.17, 15) is 10.2 Å². The molecule has 1 aromatic rings. The summed E-state index contributed by atoms with van der Waals surface area (Å²) in [5.41, 5.74) is 0.833. The van der Waals surface area contributed by atoms with Crippen molar-refractivity contribution in [1.29, 1.82) is 0 Å². The first kappa shape index (κ1) is 12.6. The monoisotopic (exact) mass is 253 g/mol. The van der Waals surface area contributed by atoms with Crippen LogP contribution in [0.15, 0.2) is 18.2 Å². The molecule has 0 radical (unpaired) electrons. The standard InChI is InChI=1S/C13H19NO2S/c1-9(14-8-13(17-2)5-6-13)11-4-3-10(15)7-12(11)16/h3-4,7,9,14-16H,5-6,8H2,1-2H3. The van der Waals surface area contributed by atoms with Crippen molar-refractivity contribution in [3.05, 3.63) is 23.8 Å². The Kier molecular flexibility index (Phi) is 3.54. The molecule has 94 valence electrons. The fraction of sp³-hybridized carbons (Fsp3) is 0.538. The molecule has 1 aromatic carbocycles. The summed E-state index contributed by atoms with van der Waals surface area (Å²) in [6.07, 6.45) is 4.70. The minimum absolute atomic E-state index is 0.0974. The first-order valence-electron chi connectivity index (χ1n) is 5.87. The van der Waals surface area contributed by atoms with Gasteiger partial charge in [0.1, 0.15) is 11.5 Å². The van der Waals surface area contributed by atoms with Gasteiger partial charge in [-0.3, -0.25) is 0 Å². The van der Waals surface area contributed by atoms with Gasteiger partial charge in [-0.25, -0.2) is 0 Å². The van der Waals surface area contributed by atoms with E-state index in [-0.39, 0.29) is 17.5 Å². The highest BCUT2D eigenvalue weighted by atomic mass is 32.2. The van der Waals surface area contributed by atoms with Gasteiger partial charge in [-0.2, -0.15) is 11.8 Å². The van der Waals surface area contributed by atoms with Crippen LogP contribution in [0.3, 0.4) is 0 Å². The topological polar surface area (TPSA) is 52.5 Å². The highest BCUT2D eigenvalue weighted by Crippen LogP contribution is 2.46. The van der Waals surface area contributed by atoms with Crippen molar-refractivity contribution in [2.75, 3.05) is 12.8 Å². The van der Waals surface area contributed by atoms with Gasteiger partial charge >= 0.3 is 0 Å². The molecule has 1 aliphatic rings. The number of hydrogen-bond acceptors (Lipinski definition) is 4. The van der Waals surface area contributed by atoms with Crippen LogP contribution in [-0.4, -0.2) is 27.8 Å². The third kappa shape index (κ3) is 2.87. The molecule has 4 heteroatoms. The van der Waals surface area contributed by atoms with E-state index in [4.69, 9.17) is 0 Å². The summed E-state index contributed by atoms with van der Waals surface area (Å²) in [5.74, 6) is 0.250. The summed E-state index contributed by atoms with van der Waals surface area (Å²) in [6, 6.07) is 4.85. The number of rotatable bonds is 5. The third-order valence-corrected chi connectivity index (χ3v) is 4.87. The van der Waals surface area contributed by atoms with Crippen LogP contribution < -0.4 is 5.32 Å². The zero-order valence-corrected chi connectivity index (χ0v) is 11.0. The molecule has 0 heterocycles. The van der Waals surface area contributed by atoms with Gasteiger partial charge in [-0.15, -0.1) is 0 Å². The Hall–Kier alpha value is -0.870. The second-order valence-corrected chi connectivity index (χ2v) is 6.01. The molecule has 0 aliphatic heterocycles. The molecule has 1 unspecified atom stereocenters. The molecule has 1 atom stereocenters. The van der Waals surface area contributed by atoms with Crippen LogP contribution in [0.25, 0.3) is 0 Å². The van der Waals surface area contributed by atoms with Gasteiger partial charge in [-0.05, 0) is 32.1 Å². The SMILES string of the molecule is CSC1(CNC(C)c2ccc(O)cc2O)CC1. The third-order valence-electron chi connectivity index (χ3n) is 3.45. The Morgan fingerprint density at radius 3 is 2.65 bits per heavy atom. The van der Waals surface area contributed by atoms with Gasteiger partial charge in [0.05, 0.1) is 0 Å². The van der Waals surface area contributed by atoms with Crippen LogP contribution in [0, 0.1) is 0 Å². The second kappa shape index (κ2) is 4.78. The molecule has 1 fully saturated rings. The van der Waals surface area contributed by atoms with E-state index >= 15 is 0 Å². The van der Waals surface area contributed by atoms with Crippen LogP contribution in [0.4, 0.5) is 0 Å². The lowest BCUT2D eigenvalue weighted by Crippen LogP contribution is -2.28. The molecule has 3 nitrogen and oxygen atoms in total. The molecule has 1 saturated carbocycles. The second-order valence-electron chi connectivity index (χ2n) is 4.73. The molecule has 0 bridgehead atoms. The number of benzene rings is 1. The summed E-state index contributed by atoms with van der Waals surface area (Å²) >= 11 is 1.92. The predicted octanol–water partition coefficient (Wildman–Crippen LogP) is 2.64. The zero-order chi connectivity index (χ0) is 12.5. The van der Waals surface area contributed by atoms with Gasteiger partial charge in [0.2, 0.25) is 0 Å². The number of thioether (sulfide) groups is 1. The molecular weight excluding hydrogens is 234 g/mol. The Bertz CT molecular complexity index is 404. The van der Waals surface area contributed by atoms with Crippen LogP contribution in [0.5, 0.6) is 11.5 Å². The molecule has 0 saturated heterocycles. The van der Waals surface area contributed by atoms with Crippen LogP contribution in [0.2, 0.25) is 0 Å². The van der Waals surface area contributed by atoms with E-state index in [2.05, 4.69) is 11.6 Å². The lowest BCUT2D eigenvalue weighted by Gasteiger charge is -2.19. The maximum Gasteiger partial charge on any atom is 0.124 e. The van der Waals surface area contributed by atoms with Crippen molar-refractivity contribution in [2.45, 2.75) is 30.6 Å². The van der Waals surface area contributed by atoms with Gasteiger partial charge in [0.25, 0.3) is 0 Å². The summed E-state index contributed by atoms with van der Waals surface area (Å²) in [7, 11) is 0. The van der Waals surface area contributed by atoms with Gasteiger partial charge in [0.15, 0.2) is 0 Å². The smallest absolute Gasteiger partial charge is 0.124 e. The number of nitrogens with one attached hydrogen (secondary N) is 1. The van der Waals surface area contributed by atoms with Crippen molar-refractivity contribution in [1.82, 2.24) is 5.32 Å². The number of aromatic hydroxyl groups is 2. The van der Waals surface area contributed by atoms with E-state index in [0.29, 0.717) is 4.75 Å². The largest absolute Gasteiger partial charge is 0.508 e. The fourth-order valence-electron chi connectivity index (χ4n) is 1.94. The first-order valence-corrected chi connectivity index (χ1v) is 7.09. The molecule has 2 rings (SSSR count). The van der Waals surface area contributed by atoms with E-state index < -0.39 is 0 Å². The van der Waals surface area contributed by atoms with Crippen molar-refractivity contribution in [3.63, 3.8) is 0 Å². The van der Waals surface area contributed by atoms with Gasteiger partial charge in [0, 0.05) is 29.0 Å². The highest BCUT2D eigenvalue weighted by molar-refractivity contribution is 8.00. The van der Waals surface area contributed by atoms with Crippen LogP contribution in [-0.2, 0) is 0 Å². The Morgan fingerprint density at radius 1 is 1.41 bits per heavy atom. The van der Waals surface area contributed by atoms with Gasteiger partial charge in [-0.1, -0.05) is 6.07 Å². The number of hydrogen-bond donors (Lipinski definition) is 3. The summed E-state index contributed by atoms with van der Waals surface area (Å²) in [4.78, 5) is 0. The molecule has 17 heavy (non-hydrogen) atoms. The van der Waals surface area contributed by atoms with Crippen molar-refractivity contribution >= 4 is 11.8 Å². The average molecular weight is 253 g/mol. The van der Waals surface area contributed by atoms with Crippen molar-refractivity contribution < 1.29 is 10.2 Å². The molecule has 0 aromatic heterocycles. The Labute approximate surface area is 106 Å². The highest BCUT2D eigenvalue weighted by Gasteiger charge is 2.41. The number of phenolic OH excluding ortho intramolecular Hbond substituents is 2. The normalized spacial score (nSPS) is 18.9. The number of phenols is 2. The molecule has 3 N–H and O–H groups in total. The van der Waals surface area contributed by atoms with E-state index in [1.165, 1.54) is 18.9 Å². The van der Waals surface area contributed by atoms with Gasteiger partial charge < -0.3 is 15.5 Å². The molecule has 0 amide bonds. The fourth-order valence-corrected chi connectivity index (χ4v) is 2.68. The first-order chi connectivity index (χ1) is 8.06. The maximum atomic E-state index is 9.76. The minimum Gasteiger partial charge on any atom is -0.508 e. The zero-order valence-electron chi connectivity index (χ0n) is 10.2. The predicted molar refractivity (Wildman–Crippen MR) is 71.7 cm³/mol. The summed E-state index contributed by atoms with van der Waals surface area (Å²) in [5, 5.41) is 22.5. The van der Waals surface area contributed by atoms with Crippen LogP contribution >= 0.6 is 11.8 Å².